The van der Waals surface area contributed by atoms with Crippen LogP contribution < -0.4 is 0 Å². The first-order valence-electron chi connectivity index (χ1n) is 6.17. The number of allylic oxidation sites excluding steroid dienone is 2. The molecule has 1 aromatic rings. The van der Waals surface area contributed by atoms with E-state index in [0.29, 0.717) is 23.9 Å². The van der Waals surface area contributed by atoms with Crippen molar-refractivity contribution in [3.63, 3.8) is 0 Å². The summed E-state index contributed by atoms with van der Waals surface area (Å²) in [5.41, 5.74) is 1.79. The maximum absolute atomic E-state index is 11.2. The summed E-state index contributed by atoms with van der Waals surface area (Å²) in [6.45, 7) is 4.91. The van der Waals surface area contributed by atoms with Crippen molar-refractivity contribution in [3.8, 4) is 0 Å². The van der Waals surface area contributed by atoms with Crippen molar-refractivity contribution in [1.82, 2.24) is 4.98 Å². The van der Waals surface area contributed by atoms with Crippen molar-refractivity contribution < 1.29 is 19.0 Å². The normalized spacial score (nSPS) is 12.1. The lowest BCUT2D eigenvalue weighted by atomic mass is 10.2. The Morgan fingerprint density at radius 2 is 2.20 bits per heavy atom. The van der Waals surface area contributed by atoms with Crippen molar-refractivity contribution in [2.75, 3.05) is 20.5 Å². The molecule has 5 nitrogen and oxygen atoms in total. The Hall–Kier alpha value is -1.50. The minimum Gasteiger partial charge on any atom is -0.464 e. The van der Waals surface area contributed by atoms with Crippen LogP contribution in [-0.2, 0) is 20.8 Å². The standard InChI is InChI=1S/C14H19NO4S/c1-4-6-11(5-2)7-18-10-19-8-12-9-20-13(15-12)14(16)17-3/h4-6,9H,7-8,10H2,1-3H3/b6-4-,11-5+. The molecule has 0 atom stereocenters. The smallest absolute Gasteiger partial charge is 0.367 e. The van der Waals surface area contributed by atoms with E-state index in [1.807, 2.05) is 32.1 Å². The van der Waals surface area contributed by atoms with Gasteiger partial charge in [0, 0.05) is 5.38 Å². The highest BCUT2D eigenvalue weighted by Crippen LogP contribution is 2.11. The van der Waals surface area contributed by atoms with Crippen molar-refractivity contribution in [3.05, 3.63) is 39.9 Å². The Bertz CT molecular complexity index is 479. The van der Waals surface area contributed by atoms with Gasteiger partial charge in [0.05, 0.1) is 26.0 Å². The van der Waals surface area contributed by atoms with Crippen LogP contribution in [0.4, 0.5) is 0 Å². The number of hydrogen-bond donors (Lipinski definition) is 0. The zero-order chi connectivity index (χ0) is 14.8. The lowest BCUT2D eigenvalue weighted by Crippen LogP contribution is -2.04. The minimum atomic E-state index is -0.429. The monoisotopic (exact) mass is 297 g/mol. The van der Waals surface area contributed by atoms with E-state index in [2.05, 4.69) is 9.72 Å². The van der Waals surface area contributed by atoms with Gasteiger partial charge in [0.25, 0.3) is 0 Å². The largest absolute Gasteiger partial charge is 0.464 e. The Morgan fingerprint density at radius 3 is 2.85 bits per heavy atom. The van der Waals surface area contributed by atoms with Crippen LogP contribution in [0.3, 0.4) is 0 Å². The maximum atomic E-state index is 11.2. The molecule has 1 rings (SSSR count). The molecular formula is C14H19NO4S. The first kappa shape index (κ1) is 16.6. The number of esters is 1. The topological polar surface area (TPSA) is 57.7 Å². The van der Waals surface area contributed by atoms with Gasteiger partial charge in [-0.3, -0.25) is 0 Å². The van der Waals surface area contributed by atoms with Gasteiger partial charge in [-0.05, 0) is 19.4 Å². The highest BCUT2D eigenvalue weighted by atomic mass is 32.1. The van der Waals surface area contributed by atoms with E-state index in [0.717, 1.165) is 5.57 Å². The average Bonchev–Trinajstić information content (AvgIpc) is 2.93. The third-order valence-electron chi connectivity index (χ3n) is 2.35. The van der Waals surface area contributed by atoms with E-state index in [1.165, 1.54) is 18.4 Å². The SMILES string of the molecule is C/C=C\C(=C/C)COCOCc1csc(C(=O)OC)n1. The van der Waals surface area contributed by atoms with E-state index in [9.17, 15) is 4.79 Å². The fourth-order valence-electron chi connectivity index (χ4n) is 1.36. The fraction of sp³-hybridized carbons (Fsp3) is 0.429. The first-order valence-corrected chi connectivity index (χ1v) is 7.05. The number of rotatable bonds is 8. The lowest BCUT2D eigenvalue weighted by molar-refractivity contribution is -0.0542. The molecule has 0 N–H and O–H groups in total. The minimum absolute atomic E-state index is 0.181. The van der Waals surface area contributed by atoms with Crippen molar-refractivity contribution in [2.45, 2.75) is 20.5 Å². The van der Waals surface area contributed by atoms with Crippen molar-refractivity contribution in [2.24, 2.45) is 0 Å². The third-order valence-corrected chi connectivity index (χ3v) is 3.22. The fourth-order valence-corrected chi connectivity index (χ4v) is 2.08. The van der Waals surface area contributed by atoms with Crippen LogP contribution in [-0.4, -0.2) is 31.5 Å². The highest BCUT2D eigenvalue weighted by Gasteiger charge is 2.10. The zero-order valence-corrected chi connectivity index (χ0v) is 12.7. The molecule has 0 aliphatic carbocycles. The number of aromatic nitrogens is 1. The van der Waals surface area contributed by atoms with Gasteiger partial charge in [-0.2, -0.15) is 0 Å². The van der Waals surface area contributed by atoms with Crippen molar-refractivity contribution >= 4 is 17.3 Å². The first-order chi connectivity index (χ1) is 9.71. The Kier molecular flexibility index (Phi) is 7.79. The number of ether oxygens (including phenoxy) is 3. The number of carbonyl (C=O) groups is 1. The second-order valence-corrected chi connectivity index (χ2v) is 4.67. The lowest BCUT2D eigenvalue weighted by Gasteiger charge is -2.05. The van der Waals surface area contributed by atoms with E-state index in [1.54, 1.807) is 5.38 Å². The van der Waals surface area contributed by atoms with E-state index < -0.39 is 5.97 Å². The van der Waals surface area contributed by atoms with Gasteiger partial charge in [-0.25, -0.2) is 9.78 Å². The molecule has 0 aliphatic heterocycles. The molecule has 0 bridgehead atoms. The van der Waals surface area contributed by atoms with Gasteiger partial charge >= 0.3 is 5.97 Å². The Labute approximate surface area is 122 Å². The van der Waals surface area contributed by atoms with Crippen LogP contribution in [0.2, 0.25) is 0 Å². The summed E-state index contributed by atoms with van der Waals surface area (Å²) in [4.78, 5) is 15.3. The molecule has 0 saturated heterocycles. The molecule has 6 heteroatoms. The molecule has 20 heavy (non-hydrogen) atoms. The molecule has 110 valence electrons. The van der Waals surface area contributed by atoms with Gasteiger partial charge in [0.1, 0.15) is 6.79 Å². The second kappa shape index (κ2) is 9.41. The Balaban J connectivity index is 2.24. The van der Waals surface area contributed by atoms with Crippen LogP contribution in [0.1, 0.15) is 29.3 Å². The number of nitrogens with zero attached hydrogens (tertiary/aromatic N) is 1. The summed E-state index contributed by atoms with van der Waals surface area (Å²) >= 11 is 1.24. The number of thiazole rings is 1. The van der Waals surface area contributed by atoms with Gasteiger partial charge in [0.2, 0.25) is 5.01 Å². The summed E-state index contributed by atoms with van der Waals surface area (Å²) in [6.07, 6.45) is 5.94. The Morgan fingerprint density at radius 1 is 1.40 bits per heavy atom. The molecule has 0 fully saturated rings. The summed E-state index contributed by atoms with van der Waals surface area (Å²) in [7, 11) is 1.33. The van der Waals surface area contributed by atoms with Crippen molar-refractivity contribution in [1.29, 1.82) is 0 Å². The van der Waals surface area contributed by atoms with Gasteiger partial charge < -0.3 is 14.2 Å². The van der Waals surface area contributed by atoms with E-state index in [4.69, 9.17) is 9.47 Å². The molecule has 0 saturated carbocycles. The van der Waals surface area contributed by atoms with Crippen LogP contribution in [0.5, 0.6) is 0 Å². The molecule has 1 heterocycles. The van der Waals surface area contributed by atoms with Gasteiger partial charge in [-0.1, -0.05) is 18.2 Å². The van der Waals surface area contributed by atoms with E-state index in [-0.39, 0.29) is 6.79 Å². The molecule has 1 aromatic heterocycles. The summed E-state index contributed by atoms with van der Waals surface area (Å²) in [6, 6.07) is 0. The molecule has 0 aliphatic rings. The third kappa shape index (κ3) is 5.64. The molecule has 0 radical (unpaired) electrons. The quantitative estimate of drug-likeness (QED) is 0.319. The highest BCUT2D eigenvalue weighted by molar-refractivity contribution is 7.11. The number of carbonyl (C=O) groups excluding carboxylic acids is 1. The van der Waals surface area contributed by atoms with Crippen LogP contribution in [0, 0.1) is 0 Å². The molecule has 0 spiro atoms. The second-order valence-electron chi connectivity index (χ2n) is 3.81. The van der Waals surface area contributed by atoms with Gasteiger partial charge in [0.15, 0.2) is 0 Å². The average molecular weight is 297 g/mol. The zero-order valence-electron chi connectivity index (χ0n) is 11.9. The maximum Gasteiger partial charge on any atom is 0.367 e. The van der Waals surface area contributed by atoms with E-state index >= 15 is 0 Å². The molecule has 0 unspecified atom stereocenters. The summed E-state index contributed by atoms with van der Waals surface area (Å²) in [5, 5.41) is 2.10. The van der Waals surface area contributed by atoms with Crippen LogP contribution >= 0.6 is 11.3 Å². The van der Waals surface area contributed by atoms with Gasteiger partial charge in [-0.15, -0.1) is 11.3 Å². The van der Waals surface area contributed by atoms with Crippen LogP contribution in [0.15, 0.2) is 29.2 Å². The predicted molar refractivity (Wildman–Crippen MR) is 77.6 cm³/mol. The van der Waals surface area contributed by atoms with Crippen LogP contribution in [0.25, 0.3) is 0 Å². The number of hydrogen-bond acceptors (Lipinski definition) is 6. The molecule has 0 aromatic carbocycles. The predicted octanol–water partition coefficient (Wildman–Crippen LogP) is 2.94. The number of methoxy groups -OCH3 is 1. The molecular weight excluding hydrogens is 278 g/mol. The molecule has 0 amide bonds. The summed E-state index contributed by atoms with van der Waals surface area (Å²) < 4.78 is 15.3. The summed E-state index contributed by atoms with van der Waals surface area (Å²) in [5.74, 6) is -0.429.